The highest BCUT2D eigenvalue weighted by molar-refractivity contribution is 5.77. The molecule has 1 rings (SSSR count). The molecule has 1 aliphatic rings. The van der Waals surface area contributed by atoms with Crippen molar-refractivity contribution in [2.45, 2.75) is 47.7 Å². The fraction of sp³-hybridized carbons (Fsp3) is 0.727. The van der Waals surface area contributed by atoms with E-state index in [2.05, 4.69) is 11.3 Å². The largest absolute Gasteiger partial charge is 0.459 e. The first kappa shape index (κ1) is 22.5. The van der Waals surface area contributed by atoms with Crippen molar-refractivity contribution in [1.82, 2.24) is 0 Å². The van der Waals surface area contributed by atoms with Crippen LogP contribution in [-0.2, 0) is 9.53 Å². The summed E-state index contributed by atoms with van der Waals surface area (Å²) in [4.78, 5) is 10.1. The molecule has 2 nitrogen and oxygen atoms in total. The highest BCUT2D eigenvalue weighted by atomic mass is 19.4. The van der Waals surface area contributed by atoms with Crippen molar-refractivity contribution < 1.29 is 66.6 Å². The summed E-state index contributed by atoms with van der Waals surface area (Å²) in [7, 11) is 0. The van der Waals surface area contributed by atoms with E-state index in [1.807, 2.05) is 0 Å². The van der Waals surface area contributed by atoms with Crippen molar-refractivity contribution in [1.29, 1.82) is 0 Å². The molecule has 0 N–H and O–H groups in total. The Morgan fingerprint density at radius 3 is 1.62 bits per heavy atom. The predicted molar refractivity (Wildman–Crippen MR) is 54.4 cm³/mol. The number of rotatable bonds is 5. The third kappa shape index (κ3) is 2.21. The van der Waals surface area contributed by atoms with E-state index >= 15 is 0 Å². The lowest BCUT2D eigenvalue weighted by Crippen LogP contribution is -2.65. The van der Waals surface area contributed by atoms with Gasteiger partial charge < -0.3 is 0 Å². The van der Waals surface area contributed by atoms with Crippen LogP contribution >= 0.6 is 0 Å². The molecule has 0 radical (unpaired) electrons. The maximum Gasteiger partial charge on any atom is 0.459 e. The topological polar surface area (TPSA) is 26.3 Å². The van der Waals surface area contributed by atoms with Crippen LogP contribution in [0.15, 0.2) is 12.7 Å². The average molecular weight is 416 g/mol. The first-order valence-corrected chi connectivity index (χ1v) is 5.99. The molecule has 0 aromatic carbocycles. The molecular weight excluding hydrogens is 411 g/mol. The Bertz CT molecular complexity index is 614. The van der Waals surface area contributed by atoms with Gasteiger partial charge in [-0.2, -0.15) is 48.3 Å². The van der Waals surface area contributed by atoms with Gasteiger partial charge in [-0.1, -0.05) is 6.08 Å². The Morgan fingerprint density at radius 2 is 1.31 bits per heavy atom. The summed E-state index contributed by atoms with van der Waals surface area (Å²) in [6, 6.07) is -4.43. The van der Waals surface area contributed by atoms with Gasteiger partial charge in [-0.15, -0.1) is 6.58 Å². The molecule has 1 aliphatic carbocycles. The normalized spacial score (nSPS) is 35.0. The van der Waals surface area contributed by atoms with E-state index < -0.39 is 53.8 Å². The number of hydrogen-bond acceptors (Lipinski definition) is 2. The molecule has 0 heterocycles. The summed E-state index contributed by atoms with van der Waals surface area (Å²) in [5.41, 5.74) is -6.08. The Labute approximate surface area is 134 Å². The van der Waals surface area contributed by atoms with Gasteiger partial charge in [0.05, 0.1) is 0 Å². The van der Waals surface area contributed by atoms with E-state index in [1.165, 1.54) is 0 Å². The van der Waals surface area contributed by atoms with Crippen LogP contribution in [0.2, 0.25) is 0 Å². The summed E-state index contributed by atoms with van der Waals surface area (Å²) in [5.74, 6) is -34.7. The first-order valence-electron chi connectivity index (χ1n) is 5.99. The molecule has 3 atom stereocenters. The second-order valence-electron chi connectivity index (χ2n) is 5.08. The van der Waals surface area contributed by atoms with Crippen LogP contribution in [0, 0.1) is 0 Å². The molecule has 152 valence electrons. The molecule has 0 amide bonds. The molecule has 0 aromatic heterocycles. The monoisotopic (exact) mass is 416 g/mol. The minimum atomic E-state index is -7.18. The summed E-state index contributed by atoms with van der Waals surface area (Å²) < 4.78 is 174. The van der Waals surface area contributed by atoms with Crippen molar-refractivity contribution in [3.8, 4) is 0 Å². The lowest BCUT2D eigenvalue weighted by molar-refractivity contribution is -0.423. The third-order valence-electron chi connectivity index (χ3n) is 3.52. The molecule has 0 aromatic rings. The minimum absolute atomic E-state index is 0.242. The SMILES string of the molecule is C=CCC1(F)C(F)(F)C(F)(F)C(F)(F)C1(F)OC(F)(C(=O)F)C(F)(F)F. The fourth-order valence-electron chi connectivity index (χ4n) is 2.11. The van der Waals surface area contributed by atoms with E-state index in [9.17, 15) is 61.9 Å². The third-order valence-corrected chi connectivity index (χ3v) is 3.52. The quantitative estimate of drug-likeness (QED) is 0.372. The van der Waals surface area contributed by atoms with E-state index in [0.717, 1.165) is 0 Å². The number of allylic oxidation sites excluding steroid dienone is 1. The number of ether oxygens (including phenoxy) is 1. The Balaban J connectivity index is 3.83. The summed E-state index contributed by atoms with van der Waals surface area (Å²) in [5, 5.41) is 0. The fourth-order valence-corrected chi connectivity index (χ4v) is 2.11. The summed E-state index contributed by atoms with van der Waals surface area (Å²) >= 11 is 0. The molecule has 0 bridgehead atoms. The molecule has 3 unspecified atom stereocenters. The lowest BCUT2D eigenvalue weighted by Gasteiger charge is -2.38. The second kappa shape index (κ2) is 5.48. The maximum atomic E-state index is 14.3. The number of halogens is 13. The molecule has 26 heavy (non-hydrogen) atoms. The number of carbonyl (C=O) groups excluding carboxylic acids is 1. The Morgan fingerprint density at radius 1 is 0.885 bits per heavy atom. The second-order valence-corrected chi connectivity index (χ2v) is 5.08. The van der Waals surface area contributed by atoms with Crippen LogP contribution in [0.3, 0.4) is 0 Å². The van der Waals surface area contributed by atoms with Crippen molar-refractivity contribution in [2.24, 2.45) is 0 Å². The van der Waals surface area contributed by atoms with Crippen LogP contribution in [0.25, 0.3) is 0 Å². The molecule has 1 fully saturated rings. The molecule has 1 saturated carbocycles. The molecule has 0 spiro atoms. The van der Waals surface area contributed by atoms with Gasteiger partial charge in [0.15, 0.2) is 0 Å². The van der Waals surface area contributed by atoms with E-state index in [-0.39, 0.29) is 6.08 Å². The zero-order valence-electron chi connectivity index (χ0n) is 11.7. The van der Waals surface area contributed by atoms with Crippen molar-refractivity contribution in [2.75, 3.05) is 0 Å². The zero-order valence-corrected chi connectivity index (χ0v) is 11.7. The minimum Gasteiger partial charge on any atom is -0.285 e. The van der Waals surface area contributed by atoms with Crippen LogP contribution < -0.4 is 0 Å². The van der Waals surface area contributed by atoms with Crippen LogP contribution in [0.5, 0.6) is 0 Å². The molecule has 15 heteroatoms. The van der Waals surface area contributed by atoms with Gasteiger partial charge in [-0.25, -0.2) is 8.78 Å². The van der Waals surface area contributed by atoms with E-state index in [4.69, 9.17) is 0 Å². The number of carbonyl (C=O) groups is 1. The van der Waals surface area contributed by atoms with Crippen molar-refractivity contribution in [3.63, 3.8) is 0 Å². The smallest absolute Gasteiger partial charge is 0.285 e. The Kier molecular flexibility index (Phi) is 4.74. The van der Waals surface area contributed by atoms with Gasteiger partial charge in [0.1, 0.15) is 0 Å². The number of alkyl halides is 12. The van der Waals surface area contributed by atoms with Crippen LogP contribution in [0.1, 0.15) is 6.42 Å². The standard InChI is InChI=1S/C11H5F13O2/c1-2-3-5(13)7(15,16)8(17,18)9(19,20)10(5,21)26-6(14,4(12)25)11(22,23)24/h2H,1,3H2. The van der Waals surface area contributed by atoms with Crippen LogP contribution in [-0.4, -0.2) is 47.4 Å². The zero-order chi connectivity index (χ0) is 21.2. The molecule has 0 saturated heterocycles. The van der Waals surface area contributed by atoms with Gasteiger partial charge in [0, 0.05) is 6.42 Å². The predicted octanol–water partition coefficient (Wildman–Crippen LogP) is 4.60. The van der Waals surface area contributed by atoms with Crippen molar-refractivity contribution >= 4 is 6.04 Å². The van der Waals surface area contributed by atoms with Gasteiger partial charge in [-0.05, 0) is 0 Å². The summed E-state index contributed by atoms with van der Waals surface area (Å²) in [6.45, 7) is 2.43. The first-order chi connectivity index (χ1) is 11.2. The Hall–Kier alpha value is -1.54. The van der Waals surface area contributed by atoms with Crippen LogP contribution in [0.4, 0.5) is 57.1 Å². The van der Waals surface area contributed by atoms with Gasteiger partial charge in [0.25, 0.3) is 0 Å². The molecular formula is C11H5F13O2. The van der Waals surface area contributed by atoms with Gasteiger partial charge in [0.2, 0.25) is 5.67 Å². The highest BCUT2D eigenvalue weighted by Gasteiger charge is 3.01. The van der Waals surface area contributed by atoms with E-state index in [0.29, 0.717) is 0 Å². The lowest BCUT2D eigenvalue weighted by atomic mass is 9.91. The van der Waals surface area contributed by atoms with Gasteiger partial charge >= 0.3 is 41.7 Å². The molecule has 0 aliphatic heterocycles. The maximum absolute atomic E-state index is 14.3. The highest BCUT2D eigenvalue weighted by Crippen LogP contribution is 2.70. The summed E-state index contributed by atoms with van der Waals surface area (Å²) in [6.07, 6.45) is -9.87. The van der Waals surface area contributed by atoms with Gasteiger partial charge in [-0.3, -0.25) is 9.53 Å². The van der Waals surface area contributed by atoms with E-state index in [1.54, 1.807) is 0 Å². The van der Waals surface area contributed by atoms with Crippen molar-refractivity contribution in [3.05, 3.63) is 12.7 Å². The average Bonchev–Trinajstić information content (AvgIpc) is 2.48. The number of hydrogen-bond donors (Lipinski definition) is 0.